The zero-order valence-electron chi connectivity index (χ0n) is 12.1. The van der Waals surface area contributed by atoms with Gasteiger partial charge in [0.1, 0.15) is 17.4 Å². The Hall–Kier alpha value is -2.10. The molecule has 20 heavy (non-hydrogen) atoms. The van der Waals surface area contributed by atoms with E-state index in [1.54, 1.807) is 0 Å². The average molecular weight is 269 g/mol. The largest absolute Gasteiger partial charge is 0.493 e. The summed E-state index contributed by atoms with van der Waals surface area (Å²) in [5, 5.41) is 3.16. The number of rotatable bonds is 2. The number of aryl methyl sites for hydroxylation is 1. The van der Waals surface area contributed by atoms with Gasteiger partial charge in [0.15, 0.2) is 0 Å². The van der Waals surface area contributed by atoms with Crippen LogP contribution in [0.4, 0.5) is 5.82 Å². The van der Waals surface area contributed by atoms with E-state index in [9.17, 15) is 0 Å². The highest BCUT2D eigenvalue weighted by molar-refractivity contribution is 5.47. The summed E-state index contributed by atoms with van der Waals surface area (Å²) in [5.74, 6) is 2.97. The molecule has 0 amide bonds. The van der Waals surface area contributed by atoms with E-state index in [0.29, 0.717) is 6.61 Å². The minimum atomic E-state index is 0.214. The first-order chi connectivity index (χ1) is 9.70. The number of aromatic nitrogens is 2. The van der Waals surface area contributed by atoms with Gasteiger partial charge in [-0.15, -0.1) is 0 Å². The molecular weight excluding hydrogens is 250 g/mol. The van der Waals surface area contributed by atoms with Crippen LogP contribution in [0.25, 0.3) is 0 Å². The van der Waals surface area contributed by atoms with Crippen molar-refractivity contribution in [2.24, 2.45) is 0 Å². The zero-order valence-corrected chi connectivity index (χ0v) is 12.1. The molecule has 2 heterocycles. The third-order valence-corrected chi connectivity index (χ3v) is 3.91. The average Bonchev–Trinajstić information content (AvgIpc) is 2.49. The van der Waals surface area contributed by atoms with Crippen molar-refractivity contribution >= 4 is 5.82 Å². The molecule has 0 fully saturated rings. The second-order valence-electron chi connectivity index (χ2n) is 5.12. The molecule has 0 saturated carbocycles. The second kappa shape index (κ2) is 5.12. The summed E-state index contributed by atoms with van der Waals surface area (Å²) >= 11 is 0. The Morgan fingerprint density at radius 2 is 2.00 bits per heavy atom. The maximum atomic E-state index is 5.71. The van der Waals surface area contributed by atoms with Gasteiger partial charge in [-0.3, -0.25) is 0 Å². The molecule has 0 saturated heterocycles. The summed E-state index contributed by atoms with van der Waals surface area (Å²) in [6.07, 6.45) is 0.919. The summed E-state index contributed by atoms with van der Waals surface area (Å²) in [5.41, 5.74) is 3.32. The molecule has 1 aliphatic heterocycles. The molecule has 1 unspecified atom stereocenters. The fourth-order valence-corrected chi connectivity index (χ4v) is 2.66. The van der Waals surface area contributed by atoms with E-state index in [2.05, 4.69) is 11.4 Å². The van der Waals surface area contributed by atoms with Crippen molar-refractivity contribution < 1.29 is 4.74 Å². The normalized spacial score (nSPS) is 17.2. The van der Waals surface area contributed by atoms with Gasteiger partial charge in [0, 0.05) is 23.9 Å². The van der Waals surface area contributed by atoms with Crippen molar-refractivity contribution in [1.82, 2.24) is 9.97 Å². The molecular formula is C16H19N3O. The monoisotopic (exact) mass is 269 g/mol. The third kappa shape index (κ3) is 2.11. The van der Waals surface area contributed by atoms with Crippen LogP contribution < -0.4 is 10.1 Å². The predicted molar refractivity (Wildman–Crippen MR) is 79.4 cm³/mol. The van der Waals surface area contributed by atoms with E-state index in [1.807, 2.05) is 39.1 Å². The van der Waals surface area contributed by atoms with Gasteiger partial charge in [-0.05, 0) is 26.3 Å². The minimum absolute atomic E-state index is 0.214. The van der Waals surface area contributed by atoms with Gasteiger partial charge in [-0.25, -0.2) is 9.97 Å². The SMILES string of the molecule is CNc1nc(C2CCOc3ccccc32)nc(C)c1C. The van der Waals surface area contributed by atoms with Gasteiger partial charge in [-0.1, -0.05) is 18.2 Å². The van der Waals surface area contributed by atoms with E-state index in [1.165, 1.54) is 5.56 Å². The summed E-state index contributed by atoms with van der Waals surface area (Å²) in [6.45, 7) is 4.79. The number of nitrogens with one attached hydrogen (secondary N) is 1. The molecule has 1 N–H and O–H groups in total. The molecule has 2 aromatic rings. The Morgan fingerprint density at radius 3 is 2.80 bits per heavy atom. The summed E-state index contributed by atoms with van der Waals surface area (Å²) in [7, 11) is 1.90. The van der Waals surface area contributed by atoms with Crippen LogP contribution in [0.3, 0.4) is 0 Å². The smallest absolute Gasteiger partial charge is 0.138 e. The van der Waals surface area contributed by atoms with E-state index >= 15 is 0 Å². The molecule has 1 atom stereocenters. The number of hydrogen-bond donors (Lipinski definition) is 1. The van der Waals surface area contributed by atoms with Crippen LogP contribution in [0.2, 0.25) is 0 Å². The highest BCUT2D eigenvalue weighted by atomic mass is 16.5. The fraction of sp³-hybridized carbons (Fsp3) is 0.375. The number of nitrogens with zero attached hydrogens (tertiary/aromatic N) is 2. The molecule has 1 aromatic heterocycles. The fourth-order valence-electron chi connectivity index (χ4n) is 2.66. The highest BCUT2D eigenvalue weighted by Crippen LogP contribution is 2.37. The lowest BCUT2D eigenvalue weighted by molar-refractivity contribution is 0.274. The van der Waals surface area contributed by atoms with Gasteiger partial charge in [0.2, 0.25) is 0 Å². The summed E-state index contributed by atoms with van der Waals surface area (Å²) in [4.78, 5) is 9.39. The molecule has 0 aliphatic carbocycles. The first kappa shape index (κ1) is 12.9. The van der Waals surface area contributed by atoms with Gasteiger partial charge in [0.05, 0.1) is 12.5 Å². The molecule has 0 bridgehead atoms. The van der Waals surface area contributed by atoms with Crippen LogP contribution in [0.1, 0.15) is 35.0 Å². The Bertz CT molecular complexity index is 640. The Labute approximate surface area is 119 Å². The van der Waals surface area contributed by atoms with Crippen molar-refractivity contribution in [2.45, 2.75) is 26.2 Å². The lowest BCUT2D eigenvalue weighted by Crippen LogP contribution is -2.18. The predicted octanol–water partition coefficient (Wildman–Crippen LogP) is 3.05. The lowest BCUT2D eigenvalue weighted by Gasteiger charge is -2.25. The van der Waals surface area contributed by atoms with Crippen molar-refractivity contribution in [2.75, 3.05) is 19.0 Å². The van der Waals surface area contributed by atoms with Crippen molar-refractivity contribution in [3.05, 3.63) is 46.9 Å². The summed E-state index contributed by atoms with van der Waals surface area (Å²) in [6, 6.07) is 8.17. The van der Waals surface area contributed by atoms with Crippen LogP contribution in [-0.4, -0.2) is 23.6 Å². The van der Waals surface area contributed by atoms with Crippen LogP contribution in [0.15, 0.2) is 24.3 Å². The third-order valence-electron chi connectivity index (χ3n) is 3.91. The molecule has 3 rings (SSSR count). The minimum Gasteiger partial charge on any atom is -0.493 e. The summed E-state index contributed by atoms with van der Waals surface area (Å²) < 4.78 is 5.71. The number of benzene rings is 1. The van der Waals surface area contributed by atoms with Crippen LogP contribution >= 0.6 is 0 Å². The molecule has 4 heteroatoms. The number of para-hydroxylation sites is 1. The molecule has 1 aromatic carbocycles. The first-order valence-electron chi connectivity index (χ1n) is 6.95. The molecule has 4 nitrogen and oxygen atoms in total. The molecule has 104 valence electrons. The Kier molecular flexibility index (Phi) is 3.30. The van der Waals surface area contributed by atoms with Crippen molar-refractivity contribution in [3.8, 4) is 5.75 Å². The maximum Gasteiger partial charge on any atom is 0.138 e. The van der Waals surface area contributed by atoms with E-state index < -0.39 is 0 Å². The van der Waals surface area contributed by atoms with Gasteiger partial charge >= 0.3 is 0 Å². The standard InChI is InChI=1S/C16H19N3O/c1-10-11(2)18-16(19-15(10)17-3)13-8-9-20-14-7-5-4-6-12(13)14/h4-7,13H,8-9H2,1-3H3,(H,17,18,19). The number of ether oxygens (including phenoxy) is 1. The van der Waals surface area contributed by atoms with E-state index in [-0.39, 0.29) is 5.92 Å². The maximum absolute atomic E-state index is 5.71. The van der Waals surface area contributed by atoms with E-state index in [0.717, 1.165) is 35.1 Å². The van der Waals surface area contributed by atoms with Gasteiger partial charge in [0.25, 0.3) is 0 Å². The molecule has 1 aliphatic rings. The van der Waals surface area contributed by atoms with Crippen molar-refractivity contribution in [3.63, 3.8) is 0 Å². The first-order valence-corrected chi connectivity index (χ1v) is 6.95. The zero-order chi connectivity index (χ0) is 14.1. The van der Waals surface area contributed by atoms with Crippen LogP contribution in [-0.2, 0) is 0 Å². The highest BCUT2D eigenvalue weighted by Gasteiger charge is 2.25. The van der Waals surface area contributed by atoms with Crippen molar-refractivity contribution in [1.29, 1.82) is 0 Å². The van der Waals surface area contributed by atoms with Crippen LogP contribution in [0, 0.1) is 13.8 Å². The quantitative estimate of drug-likeness (QED) is 0.910. The number of hydrogen-bond acceptors (Lipinski definition) is 4. The van der Waals surface area contributed by atoms with Gasteiger partial charge < -0.3 is 10.1 Å². The molecule has 0 radical (unpaired) electrons. The number of anilines is 1. The van der Waals surface area contributed by atoms with Crippen LogP contribution in [0.5, 0.6) is 5.75 Å². The lowest BCUT2D eigenvalue weighted by atomic mass is 9.92. The molecule has 0 spiro atoms. The van der Waals surface area contributed by atoms with Gasteiger partial charge in [-0.2, -0.15) is 0 Å². The Morgan fingerprint density at radius 1 is 1.20 bits per heavy atom. The second-order valence-corrected chi connectivity index (χ2v) is 5.12. The van der Waals surface area contributed by atoms with E-state index in [4.69, 9.17) is 14.7 Å². The Balaban J connectivity index is 2.09. The topological polar surface area (TPSA) is 47.0 Å². The number of fused-ring (bicyclic) bond motifs is 1.